The quantitative estimate of drug-likeness (QED) is 0.804. The predicted molar refractivity (Wildman–Crippen MR) is 69.5 cm³/mol. The monoisotopic (exact) mass is 248 g/mol. The van der Waals surface area contributed by atoms with Crippen LogP contribution in [0.15, 0.2) is 18.2 Å². The number of rotatable bonds is 4. The molecular formula is C14H20N2O2. The molecule has 0 radical (unpaired) electrons. The predicted octanol–water partition coefficient (Wildman–Crippen LogP) is 2.59. The molecule has 4 heteroatoms. The Hall–Kier alpha value is -1.42. The molecule has 0 bridgehead atoms. The summed E-state index contributed by atoms with van der Waals surface area (Å²) in [6.45, 7) is 0.659. The van der Waals surface area contributed by atoms with E-state index in [4.69, 9.17) is 5.11 Å². The van der Waals surface area contributed by atoms with E-state index in [1.807, 2.05) is 6.07 Å². The molecule has 1 aliphatic carbocycles. The van der Waals surface area contributed by atoms with Crippen LogP contribution in [0.2, 0.25) is 0 Å². The van der Waals surface area contributed by atoms with E-state index >= 15 is 0 Å². The molecule has 0 aliphatic heterocycles. The molecule has 1 aromatic heterocycles. The molecule has 0 unspecified atom stereocenters. The molecule has 1 heterocycles. The van der Waals surface area contributed by atoms with Gasteiger partial charge in [0.2, 0.25) is 0 Å². The lowest BCUT2D eigenvalue weighted by Crippen LogP contribution is -2.28. The van der Waals surface area contributed by atoms with Gasteiger partial charge >= 0.3 is 5.97 Å². The Balaban J connectivity index is 1.88. The zero-order chi connectivity index (χ0) is 12.8. The fraction of sp³-hybridized carbons (Fsp3) is 0.571. The van der Waals surface area contributed by atoms with Crippen LogP contribution < -0.4 is 5.32 Å². The van der Waals surface area contributed by atoms with Crippen LogP contribution in [0.25, 0.3) is 0 Å². The first-order chi connectivity index (χ1) is 8.75. The Kier molecular flexibility index (Phi) is 4.70. The minimum atomic E-state index is -0.966. The number of hydrogen-bond donors (Lipinski definition) is 2. The van der Waals surface area contributed by atoms with Crippen LogP contribution in [0.3, 0.4) is 0 Å². The van der Waals surface area contributed by atoms with Gasteiger partial charge in [-0.1, -0.05) is 31.7 Å². The van der Waals surface area contributed by atoms with Gasteiger partial charge in [-0.2, -0.15) is 0 Å². The summed E-state index contributed by atoms with van der Waals surface area (Å²) >= 11 is 0. The number of carboxylic acids is 1. The molecule has 98 valence electrons. The topological polar surface area (TPSA) is 62.2 Å². The first-order valence-electron chi connectivity index (χ1n) is 6.68. The van der Waals surface area contributed by atoms with E-state index in [1.165, 1.54) is 44.6 Å². The molecule has 0 atom stereocenters. The molecule has 2 rings (SSSR count). The molecule has 4 nitrogen and oxygen atoms in total. The van der Waals surface area contributed by atoms with Gasteiger partial charge in [0.1, 0.15) is 5.69 Å². The third-order valence-corrected chi connectivity index (χ3v) is 3.45. The van der Waals surface area contributed by atoms with E-state index in [2.05, 4.69) is 10.3 Å². The minimum absolute atomic E-state index is 0.121. The van der Waals surface area contributed by atoms with Crippen LogP contribution in [-0.2, 0) is 6.54 Å². The van der Waals surface area contributed by atoms with Gasteiger partial charge in [0.25, 0.3) is 0 Å². The number of aromatic carboxylic acids is 1. The first-order valence-corrected chi connectivity index (χ1v) is 6.68. The molecule has 0 saturated heterocycles. The lowest BCUT2D eigenvalue weighted by Gasteiger charge is -2.15. The number of aromatic nitrogens is 1. The van der Waals surface area contributed by atoms with Crippen LogP contribution >= 0.6 is 0 Å². The number of hydrogen-bond acceptors (Lipinski definition) is 3. The van der Waals surface area contributed by atoms with E-state index in [1.54, 1.807) is 6.07 Å². The van der Waals surface area contributed by atoms with Gasteiger partial charge in [-0.3, -0.25) is 0 Å². The molecule has 18 heavy (non-hydrogen) atoms. The van der Waals surface area contributed by atoms with Crippen molar-refractivity contribution < 1.29 is 9.90 Å². The van der Waals surface area contributed by atoms with Gasteiger partial charge in [-0.05, 0) is 25.0 Å². The summed E-state index contributed by atoms with van der Waals surface area (Å²) < 4.78 is 0. The maximum absolute atomic E-state index is 10.8. The second-order valence-electron chi connectivity index (χ2n) is 4.89. The molecule has 0 spiro atoms. The smallest absolute Gasteiger partial charge is 0.354 e. The van der Waals surface area contributed by atoms with Crippen LogP contribution in [-0.4, -0.2) is 22.1 Å². The third-order valence-electron chi connectivity index (χ3n) is 3.45. The first kappa shape index (κ1) is 13.0. The van der Waals surface area contributed by atoms with Crippen molar-refractivity contribution in [1.82, 2.24) is 10.3 Å². The second kappa shape index (κ2) is 6.50. The van der Waals surface area contributed by atoms with E-state index < -0.39 is 5.97 Å². The fourth-order valence-electron chi connectivity index (χ4n) is 2.43. The van der Waals surface area contributed by atoms with Crippen molar-refractivity contribution in [3.63, 3.8) is 0 Å². The highest BCUT2D eigenvalue weighted by Crippen LogP contribution is 2.17. The summed E-state index contributed by atoms with van der Waals surface area (Å²) in [4.78, 5) is 14.9. The molecule has 0 amide bonds. The maximum Gasteiger partial charge on any atom is 0.354 e. The average Bonchev–Trinajstić information content (AvgIpc) is 2.65. The summed E-state index contributed by atoms with van der Waals surface area (Å²) in [6.07, 6.45) is 7.70. The molecule has 1 saturated carbocycles. The number of pyridine rings is 1. The molecule has 1 fully saturated rings. The number of nitrogens with zero attached hydrogens (tertiary/aromatic N) is 1. The highest BCUT2D eigenvalue weighted by molar-refractivity contribution is 5.85. The molecule has 0 aromatic carbocycles. The molecule has 1 aromatic rings. The van der Waals surface area contributed by atoms with E-state index in [9.17, 15) is 4.79 Å². The highest BCUT2D eigenvalue weighted by atomic mass is 16.4. The van der Waals surface area contributed by atoms with Crippen molar-refractivity contribution >= 4 is 5.97 Å². The zero-order valence-corrected chi connectivity index (χ0v) is 10.6. The summed E-state index contributed by atoms with van der Waals surface area (Å²) in [5, 5.41) is 12.4. The van der Waals surface area contributed by atoms with Crippen molar-refractivity contribution in [2.75, 3.05) is 0 Å². The molecular weight excluding hydrogens is 228 g/mol. The van der Waals surface area contributed by atoms with Crippen molar-refractivity contribution in [1.29, 1.82) is 0 Å². The summed E-state index contributed by atoms with van der Waals surface area (Å²) in [5.74, 6) is -0.966. The van der Waals surface area contributed by atoms with Gasteiger partial charge in [0.05, 0.1) is 5.69 Å². The van der Waals surface area contributed by atoms with E-state index in [-0.39, 0.29) is 5.69 Å². The van der Waals surface area contributed by atoms with Gasteiger partial charge in [0.15, 0.2) is 0 Å². The van der Waals surface area contributed by atoms with Crippen LogP contribution in [0.5, 0.6) is 0 Å². The van der Waals surface area contributed by atoms with Gasteiger partial charge in [-0.25, -0.2) is 9.78 Å². The van der Waals surface area contributed by atoms with Gasteiger partial charge in [0, 0.05) is 12.6 Å². The zero-order valence-electron chi connectivity index (χ0n) is 10.6. The molecule has 2 N–H and O–H groups in total. The SMILES string of the molecule is O=C(O)c1cccc(CNC2CCCCCC2)n1. The van der Waals surface area contributed by atoms with Crippen LogP contribution in [0, 0.1) is 0 Å². The lowest BCUT2D eigenvalue weighted by atomic mass is 10.1. The standard InChI is InChI=1S/C14H20N2O2/c17-14(18)13-9-5-8-12(16-13)10-15-11-6-3-1-2-4-7-11/h5,8-9,11,15H,1-4,6-7,10H2,(H,17,18). The highest BCUT2D eigenvalue weighted by Gasteiger charge is 2.12. The summed E-state index contributed by atoms with van der Waals surface area (Å²) in [5.41, 5.74) is 0.925. The van der Waals surface area contributed by atoms with Crippen LogP contribution in [0.4, 0.5) is 0 Å². The van der Waals surface area contributed by atoms with Gasteiger partial charge < -0.3 is 10.4 Å². The average molecular weight is 248 g/mol. The van der Waals surface area contributed by atoms with Crippen molar-refractivity contribution in [2.24, 2.45) is 0 Å². The third kappa shape index (κ3) is 3.81. The fourth-order valence-corrected chi connectivity index (χ4v) is 2.43. The maximum atomic E-state index is 10.8. The van der Waals surface area contributed by atoms with E-state index in [0.717, 1.165) is 5.69 Å². The van der Waals surface area contributed by atoms with Crippen LogP contribution in [0.1, 0.15) is 54.7 Å². The van der Waals surface area contributed by atoms with Crippen molar-refractivity contribution in [2.45, 2.75) is 51.1 Å². The lowest BCUT2D eigenvalue weighted by molar-refractivity contribution is 0.0690. The normalized spacial score (nSPS) is 17.3. The molecule has 1 aliphatic rings. The van der Waals surface area contributed by atoms with Crippen molar-refractivity contribution in [3.8, 4) is 0 Å². The van der Waals surface area contributed by atoms with Gasteiger partial charge in [-0.15, -0.1) is 0 Å². The minimum Gasteiger partial charge on any atom is -0.477 e. The Labute approximate surface area is 107 Å². The number of carbonyl (C=O) groups is 1. The summed E-state index contributed by atoms with van der Waals surface area (Å²) in [7, 11) is 0. The number of carboxylic acid groups (broad SMARTS) is 1. The van der Waals surface area contributed by atoms with E-state index in [0.29, 0.717) is 12.6 Å². The Bertz CT molecular complexity index is 399. The van der Waals surface area contributed by atoms with Crippen molar-refractivity contribution in [3.05, 3.63) is 29.6 Å². The Morgan fingerprint density at radius 2 is 2.00 bits per heavy atom. The largest absolute Gasteiger partial charge is 0.477 e. The Morgan fingerprint density at radius 1 is 1.28 bits per heavy atom. The Morgan fingerprint density at radius 3 is 2.67 bits per heavy atom. The second-order valence-corrected chi connectivity index (χ2v) is 4.89. The number of nitrogens with one attached hydrogen (secondary N) is 1. The summed E-state index contributed by atoms with van der Waals surface area (Å²) in [6, 6.07) is 5.71.